The summed E-state index contributed by atoms with van der Waals surface area (Å²) >= 11 is 5.84. The molecule has 109 heavy (non-hydrogen) atoms. The first-order valence-corrected chi connectivity index (χ1v) is 50.3. The van der Waals surface area contributed by atoms with E-state index in [2.05, 4.69) is 114 Å². The first-order chi connectivity index (χ1) is 52.9. The Morgan fingerprint density at radius 1 is 0.339 bits per heavy atom. The highest BCUT2D eigenvalue weighted by atomic mass is 32.1. The second-order valence-electron chi connectivity index (χ2n) is 37.2. The largest absolute Gasteiger partial charge is 0.481 e. The highest BCUT2D eigenvalue weighted by Gasteiger charge is 2.75. The summed E-state index contributed by atoms with van der Waals surface area (Å²) in [6.45, 7) is 42.7. The maximum atomic E-state index is 17.3. The van der Waals surface area contributed by atoms with Crippen LogP contribution in [0.25, 0.3) is 0 Å². The van der Waals surface area contributed by atoms with Crippen LogP contribution < -0.4 is 5.32 Å². The lowest BCUT2D eigenvalue weighted by molar-refractivity contribution is -0.278. The molecule has 0 aliphatic carbocycles. The molecule has 0 bridgehead atoms. The van der Waals surface area contributed by atoms with Crippen molar-refractivity contribution in [2.24, 2.45) is 63.6 Å². The van der Waals surface area contributed by atoms with E-state index < -0.39 is 10.8 Å². The lowest BCUT2D eigenvalue weighted by atomic mass is 9.29. The van der Waals surface area contributed by atoms with E-state index >= 15 is 4.79 Å². The molecule has 2 N–H and O–H groups in total. The van der Waals surface area contributed by atoms with Crippen molar-refractivity contribution in [1.82, 2.24) is 15.1 Å². The van der Waals surface area contributed by atoms with Crippen LogP contribution in [0.4, 0.5) is 0 Å². The van der Waals surface area contributed by atoms with E-state index in [-0.39, 0.29) is 41.0 Å². The minimum Gasteiger partial charge on any atom is -0.481 e. The van der Waals surface area contributed by atoms with Gasteiger partial charge in [-0.25, -0.2) is 0 Å². The summed E-state index contributed by atoms with van der Waals surface area (Å²) in [6, 6.07) is 0. The van der Waals surface area contributed by atoms with Crippen molar-refractivity contribution in [2.75, 3.05) is 46.9 Å². The van der Waals surface area contributed by atoms with Gasteiger partial charge in [0.1, 0.15) is 0 Å². The molecular weight excluding hydrogens is 1350 g/mol. The molecular formula is C101H201N3O4S. The molecule has 0 radical (unpaired) electrons. The number of carbonyl (C=O) groups excluding carboxylic acids is 1. The lowest BCUT2D eigenvalue weighted by Crippen LogP contribution is -2.73. The Morgan fingerprint density at radius 3 is 0.963 bits per heavy atom. The number of nitrogens with zero attached hydrogens (tertiary/aromatic N) is 2. The van der Waals surface area contributed by atoms with Gasteiger partial charge in [-0.15, -0.1) is 0 Å². The molecule has 0 saturated carbocycles. The highest BCUT2D eigenvalue weighted by Crippen LogP contribution is 2.77. The standard InChI is InChI=1S/C101H201N3O4S/c1-18-26-34-42-50-51-52-60-71-87-108-96(105)82-69-61-70-84-104(86-73-83-102-98(109)103(16)17)85-72-81-95(88(9)74-62-53-43-35-27-19-2)99(89(10)75-63-54-44-36-28-20-3,90(11)76-64-55-45-37-29-21-4)101(93(14)79-67-58-48-40-32-24-7,94(15)80-68-59-49-41-33-25-8)100(97(106)107,91(12)77-65-56-46-38-30-22-5)92(13)78-66-57-47-39-31-23-6/h88-95H,18-87H2,1-17H3,(H,102,109)(H,106,107). The zero-order valence-corrected chi connectivity index (χ0v) is 78.4. The Labute approximate surface area is 691 Å². The van der Waals surface area contributed by atoms with Gasteiger partial charge in [0.15, 0.2) is 5.11 Å². The average Bonchev–Trinajstić information content (AvgIpc) is 0.668. The molecule has 0 heterocycles. The number of rotatable bonds is 84. The molecule has 8 heteroatoms. The lowest BCUT2D eigenvalue weighted by Gasteiger charge is -2.74. The van der Waals surface area contributed by atoms with Crippen molar-refractivity contribution in [3.8, 4) is 0 Å². The van der Waals surface area contributed by atoms with Gasteiger partial charge < -0.3 is 25.0 Å². The summed E-state index contributed by atoms with van der Waals surface area (Å²) in [5, 5.41) is 18.6. The molecule has 0 amide bonds. The molecule has 0 rings (SSSR count). The van der Waals surface area contributed by atoms with Crippen LogP contribution in [-0.4, -0.2) is 78.8 Å². The molecule has 0 aliphatic rings. The molecule has 0 aromatic heterocycles. The highest BCUT2D eigenvalue weighted by molar-refractivity contribution is 7.80. The average molecular weight is 1550 g/mol. The molecule has 0 aromatic rings. The Morgan fingerprint density at radius 2 is 0.624 bits per heavy atom. The van der Waals surface area contributed by atoms with Gasteiger partial charge in [0.2, 0.25) is 0 Å². The van der Waals surface area contributed by atoms with Crippen LogP contribution in [0.3, 0.4) is 0 Å². The van der Waals surface area contributed by atoms with Crippen LogP contribution in [0.1, 0.15) is 521 Å². The van der Waals surface area contributed by atoms with Gasteiger partial charge >= 0.3 is 11.9 Å². The number of carbonyl (C=O) groups is 2. The Balaban J connectivity index is 9.70. The number of esters is 1. The fourth-order valence-corrected chi connectivity index (χ4v) is 22.0. The topological polar surface area (TPSA) is 82.1 Å². The predicted molar refractivity (Wildman–Crippen MR) is 490 cm³/mol. The maximum Gasteiger partial charge on any atom is 0.310 e. The van der Waals surface area contributed by atoms with Crippen molar-refractivity contribution >= 4 is 29.3 Å². The van der Waals surface area contributed by atoms with Crippen LogP contribution in [0.2, 0.25) is 0 Å². The normalized spacial score (nSPS) is 15.9. The second-order valence-corrected chi connectivity index (χ2v) is 37.6. The number of carboxylic acids is 1. The number of nitrogens with one attached hydrogen (secondary N) is 1. The third-order valence-corrected chi connectivity index (χ3v) is 28.5. The quantitative estimate of drug-likeness (QED) is 0.0354. The van der Waals surface area contributed by atoms with Crippen LogP contribution in [0.15, 0.2) is 0 Å². The Kier molecular flexibility index (Phi) is 72.1. The van der Waals surface area contributed by atoms with Gasteiger partial charge in [0, 0.05) is 27.1 Å². The van der Waals surface area contributed by atoms with Gasteiger partial charge in [-0.1, -0.05) is 463 Å². The van der Waals surface area contributed by atoms with Gasteiger partial charge in [0.25, 0.3) is 0 Å². The van der Waals surface area contributed by atoms with Crippen LogP contribution in [-0.2, 0) is 14.3 Å². The fourth-order valence-electron chi connectivity index (χ4n) is 21.9. The smallest absolute Gasteiger partial charge is 0.310 e. The van der Waals surface area contributed by atoms with Gasteiger partial charge in [-0.2, -0.15) is 0 Å². The molecule has 8 unspecified atom stereocenters. The maximum absolute atomic E-state index is 17.3. The molecule has 8 atom stereocenters. The molecule has 0 fully saturated rings. The third kappa shape index (κ3) is 44.7. The van der Waals surface area contributed by atoms with E-state index in [4.69, 9.17) is 17.0 Å². The second kappa shape index (κ2) is 73.0. The number of hydrogen-bond acceptors (Lipinski definition) is 5. The minimum absolute atomic E-state index is 0.0143. The fraction of sp³-hybridized carbons (Fsp3) is 0.970. The van der Waals surface area contributed by atoms with Gasteiger partial charge in [0.05, 0.1) is 12.0 Å². The van der Waals surface area contributed by atoms with Crippen molar-refractivity contribution in [1.29, 1.82) is 0 Å². The number of hydrogen-bond donors (Lipinski definition) is 2. The molecule has 0 spiro atoms. The zero-order valence-electron chi connectivity index (χ0n) is 77.6. The van der Waals surface area contributed by atoms with E-state index in [0.717, 1.165) is 121 Å². The van der Waals surface area contributed by atoms with Crippen molar-refractivity contribution in [3.63, 3.8) is 0 Å². The summed E-state index contributed by atoms with van der Waals surface area (Å²) in [7, 11) is 4.10. The van der Waals surface area contributed by atoms with E-state index in [1.165, 1.54) is 321 Å². The summed E-state index contributed by atoms with van der Waals surface area (Å²) in [5.41, 5.74) is -1.72. The van der Waals surface area contributed by atoms with E-state index in [0.29, 0.717) is 36.7 Å². The molecule has 0 aliphatic heterocycles. The van der Waals surface area contributed by atoms with Crippen molar-refractivity contribution in [3.05, 3.63) is 0 Å². The van der Waals surface area contributed by atoms with E-state index in [9.17, 15) is 9.90 Å². The predicted octanol–water partition coefficient (Wildman–Crippen LogP) is 32.9. The number of thiocarbonyl (C=S) groups is 1. The molecule has 7 nitrogen and oxygen atoms in total. The summed E-state index contributed by atoms with van der Waals surface area (Å²) in [4.78, 5) is 35.4. The van der Waals surface area contributed by atoms with Crippen molar-refractivity contribution < 1.29 is 19.4 Å². The number of unbranched alkanes of at least 4 members (excludes halogenated alkanes) is 45. The Hall–Kier alpha value is -1.41. The summed E-state index contributed by atoms with van der Waals surface area (Å²) in [6.07, 6.45) is 79.7. The minimum atomic E-state index is -0.947. The molecule has 0 saturated heterocycles. The molecule has 0 aromatic carbocycles. The summed E-state index contributed by atoms with van der Waals surface area (Å²) in [5.74, 6) is 1.64. The monoisotopic (exact) mass is 1550 g/mol. The zero-order chi connectivity index (χ0) is 80.9. The first kappa shape index (κ1) is 108. The molecule has 650 valence electrons. The number of ether oxygens (including phenoxy) is 1. The SMILES string of the molecule is CCCCCCCCCCCOC(=O)CCCCCN(CCCNC(=S)N(C)C)CCCC(C(C)CCCCCCCC)C(C(C)CCCCCCCC)(C(C)CCCCCCCC)C(C(C)CCCCCCCC)(C(C)CCCCCCCC)C(C(=O)O)(C(C)CCCCCCCC)C(C)CCCCCCCC. The van der Waals surface area contributed by atoms with Gasteiger partial charge in [-0.05, 0) is 141 Å². The van der Waals surface area contributed by atoms with Crippen LogP contribution in [0, 0.1) is 63.6 Å². The third-order valence-electron chi connectivity index (χ3n) is 27.9. The van der Waals surface area contributed by atoms with Gasteiger partial charge in [-0.3, -0.25) is 9.59 Å². The Bertz CT molecular complexity index is 1930. The van der Waals surface area contributed by atoms with Crippen molar-refractivity contribution in [2.45, 2.75) is 521 Å². The summed E-state index contributed by atoms with van der Waals surface area (Å²) < 4.78 is 5.87. The number of aliphatic carboxylic acids is 1. The van der Waals surface area contributed by atoms with E-state index in [1.54, 1.807) is 0 Å². The number of carboxylic acid groups (broad SMARTS) is 1. The van der Waals surface area contributed by atoms with Crippen LogP contribution in [0.5, 0.6) is 0 Å². The first-order valence-electron chi connectivity index (χ1n) is 49.9. The van der Waals surface area contributed by atoms with E-state index in [1.807, 2.05) is 19.0 Å². The van der Waals surface area contributed by atoms with Crippen LogP contribution >= 0.6 is 12.2 Å².